The minimum atomic E-state index is -3.96. The van der Waals surface area contributed by atoms with E-state index in [1.165, 1.54) is 13.3 Å². The molecule has 0 fully saturated rings. The predicted molar refractivity (Wildman–Crippen MR) is 142 cm³/mol. The number of aromatic nitrogens is 2. The van der Waals surface area contributed by atoms with E-state index >= 15 is 0 Å². The van der Waals surface area contributed by atoms with Crippen molar-refractivity contribution in [3.63, 3.8) is 0 Å². The Morgan fingerprint density at radius 1 is 1.00 bits per heavy atom. The normalized spacial score (nSPS) is 11.8. The number of hydrogen-bond donors (Lipinski definition) is 3. The summed E-state index contributed by atoms with van der Waals surface area (Å²) in [5, 5.41) is 0. The van der Waals surface area contributed by atoms with Crippen LogP contribution in [0.5, 0.6) is 17.2 Å². The highest BCUT2D eigenvalue weighted by Crippen LogP contribution is 2.43. The highest BCUT2D eigenvalue weighted by Gasteiger charge is 2.26. The Morgan fingerprint density at radius 2 is 1.69 bits per heavy atom. The molecule has 3 rings (SSSR count). The van der Waals surface area contributed by atoms with Crippen molar-refractivity contribution in [2.24, 2.45) is 5.41 Å². The maximum atomic E-state index is 13.0. The van der Waals surface area contributed by atoms with Gasteiger partial charge >= 0.3 is 10.1 Å². The van der Waals surface area contributed by atoms with Crippen molar-refractivity contribution in [1.82, 2.24) is 9.97 Å². The number of anilines is 3. The molecule has 0 aliphatic carbocycles. The summed E-state index contributed by atoms with van der Waals surface area (Å²) in [5.74, 6) is 1.15. The van der Waals surface area contributed by atoms with Crippen LogP contribution in [0.2, 0.25) is 0 Å². The van der Waals surface area contributed by atoms with Crippen LogP contribution in [-0.2, 0) is 16.5 Å². The van der Waals surface area contributed by atoms with Gasteiger partial charge in [0, 0.05) is 18.2 Å². The summed E-state index contributed by atoms with van der Waals surface area (Å²) in [4.78, 5) is 8.01. The van der Waals surface area contributed by atoms with E-state index in [4.69, 9.17) is 30.9 Å². The molecule has 11 heteroatoms. The van der Waals surface area contributed by atoms with Crippen molar-refractivity contribution in [3.8, 4) is 28.4 Å². The first-order chi connectivity index (χ1) is 16.8. The topological polar surface area (TPSA) is 166 Å². The summed E-state index contributed by atoms with van der Waals surface area (Å²) < 4.78 is 43.0. The fraction of sp³-hybridized carbons (Fsp3) is 0.360. The molecule has 6 N–H and O–H groups in total. The van der Waals surface area contributed by atoms with E-state index in [9.17, 15) is 8.42 Å². The van der Waals surface area contributed by atoms with Crippen molar-refractivity contribution in [2.75, 3.05) is 36.7 Å². The average Bonchev–Trinajstić information content (AvgIpc) is 2.74. The minimum absolute atomic E-state index is 0.0657. The van der Waals surface area contributed by atoms with Gasteiger partial charge in [-0.3, -0.25) is 0 Å². The molecule has 0 bridgehead atoms. The quantitative estimate of drug-likeness (QED) is 0.283. The van der Waals surface area contributed by atoms with Crippen molar-refractivity contribution >= 4 is 27.6 Å². The molecule has 0 amide bonds. The molecular weight excluding hydrogens is 482 g/mol. The van der Waals surface area contributed by atoms with E-state index in [1.54, 1.807) is 30.3 Å². The highest BCUT2D eigenvalue weighted by molar-refractivity contribution is 7.87. The molecule has 0 saturated heterocycles. The summed E-state index contributed by atoms with van der Waals surface area (Å²) in [6.07, 6.45) is 1.83. The van der Waals surface area contributed by atoms with Crippen LogP contribution in [0.25, 0.3) is 11.1 Å². The molecule has 0 radical (unpaired) electrons. The molecule has 1 aromatic heterocycles. The minimum Gasteiger partial charge on any atom is -0.495 e. The van der Waals surface area contributed by atoms with E-state index < -0.39 is 15.5 Å². The molecule has 0 unspecified atom stereocenters. The van der Waals surface area contributed by atoms with Gasteiger partial charge in [-0.2, -0.15) is 13.4 Å². The monoisotopic (exact) mass is 515 g/mol. The van der Waals surface area contributed by atoms with Crippen LogP contribution < -0.4 is 30.9 Å². The van der Waals surface area contributed by atoms with Crippen molar-refractivity contribution < 1.29 is 22.1 Å². The van der Waals surface area contributed by atoms with Crippen LogP contribution >= 0.6 is 0 Å². The number of rotatable bonds is 9. The van der Waals surface area contributed by atoms with Gasteiger partial charge in [0.25, 0.3) is 0 Å². The van der Waals surface area contributed by atoms with Crippen LogP contribution in [0.15, 0.2) is 36.5 Å². The van der Waals surface area contributed by atoms with Gasteiger partial charge in [-0.15, -0.1) is 0 Å². The lowest BCUT2D eigenvalue weighted by Gasteiger charge is -2.21. The first kappa shape index (κ1) is 26.9. The predicted octanol–water partition coefficient (Wildman–Crippen LogP) is 3.64. The third-order valence-electron chi connectivity index (χ3n) is 5.08. The van der Waals surface area contributed by atoms with Crippen molar-refractivity contribution in [3.05, 3.63) is 47.7 Å². The van der Waals surface area contributed by atoms with Gasteiger partial charge in [0.1, 0.15) is 17.3 Å². The number of nitrogen functional groups attached to an aromatic ring is 3. The SMILES string of the molecule is CCOc1cc(Cc2cnc(N)nc2N)cc(OS(=O)(=O)CC(C)(C)C)c1-c1ccc(OC)c(N)c1. The van der Waals surface area contributed by atoms with Crippen molar-refractivity contribution in [1.29, 1.82) is 0 Å². The van der Waals surface area contributed by atoms with Gasteiger partial charge in [-0.05, 0) is 47.7 Å². The Hall–Kier alpha value is -3.73. The van der Waals surface area contributed by atoms with Gasteiger partial charge in [-0.25, -0.2) is 4.98 Å². The number of nitrogens with zero attached hydrogens (tertiary/aromatic N) is 2. The Balaban J connectivity index is 2.21. The molecule has 0 atom stereocenters. The maximum Gasteiger partial charge on any atom is 0.309 e. The van der Waals surface area contributed by atoms with Gasteiger partial charge in [-0.1, -0.05) is 26.8 Å². The Bertz CT molecular complexity index is 1350. The van der Waals surface area contributed by atoms with Crippen LogP contribution in [-0.4, -0.2) is 37.9 Å². The van der Waals surface area contributed by atoms with Crippen LogP contribution in [0.1, 0.15) is 38.8 Å². The maximum absolute atomic E-state index is 13.0. The molecule has 194 valence electrons. The number of methoxy groups -OCH3 is 1. The van der Waals surface area contributed by atoms with E-state index in [1.807, 2.05) is 27.7 Å². The fourth-order valence-electron chi connectivity index (χ4n) is 3.74. The zero-order valence-electron chi connectivity index (χ0n) is 21.2. The largest absolute Gasteiger partial charge is 0.495 e. The Kier molecular flexibility index (Phi) is 7.83. The second-order valence-electron chi connectivity index (χ2n) is 9.52. The summed E-state index contributed by atoms with van der Waals surface area (Å²) >= 11 is 0. The zero-order valence-corrected chi connectivity index (χ0v) is 22.0. The third kappa shape index (κ3) is 6.69. The lowest BCUT2D eigenvalue weighted by molar-refractivity contribution is 0.340. The van der Waals surface area contributed by atoms with Crippen LogP contribution in [0.4, 0.5) is 17.5 Å². The molecule has 0 spiro atoms. The summed E-state index contributed by atoms with van der Waals surface area (Å²) in [7, 11) is -2.44. The number of nitrogens with two attached hydrogens (primary N) is 3. The highest BCUT2D eigenvalue weighted by atomic mass is 32.2. The Morgan fingerprint density at radius 3 is 2.28 bits per heavy atom. The van der Waals surface area contributed by atoms with Gasteiger partial charge in [0.2, 0.25) is 5.95 Å². The van der Waals surface area contributed by atoms with E-state index in [0.717, 1.165) is 0 Å². The van der Waals surface area contributed by atoms with Gasteiger partial charge in [0.15, 0.2) is 5.75 Å². The molecule has 0 aliphatic heterocycles. The molecule has 0 saturated carbocycles. The molecule has 10 nitrogen and oxygen atoms in total. The smallest absolute Gasteiger partial charge is 0.309 e. The van der Waals surface area contributed by atoms with E-state index in [-0.39, 0.29) is 23.3 Å². The molecule has 0 aliphatic rings. The second kappa shape index (κ2) is 10.5. The molecular formula is C25H33N5O5S. The summed E-state index contributed by atoms with van der Waals surface area (Å²) in [5.41, 5.74) is 20.0. The third-order valence-corrected chi connectivity index (χ3v) is 6.73. The molecule has 36 heavy (non-hydrogen) atoms. The van der Waals surface area contributed by atoms with Gasteiger partial charge in [0.05, 0.1) is 30.7 Å². The number of benzene rings is 2. The zero-order chi connectivity index (χ0) is 26.7. The molecule has 3 aromatic rings. The summed E-state index contributed by atoms with van der Waals surface area (Å²) in [6, 6.07) is 8.61. The fourth-order valence-corrected chi connectivity index (χ4v) is 5.27. The first-order valence-corrected chi connectivity index (χ1v) is 12.9. The van der Waals surface area contributed by atoms with Crippen LogP contribution in [0.3, 0.4) is 0 Å². The number of hydrogen-bond acceptors (Lipinski definition) is 10. The van der Waals surface area contributed by atoms with Gasteiger partial charge < -0.3 is 30.9 Å². The van der Waals surface area contributed by atoms with Crippen molar-refractivity contribution in [2.45, 2.75) is 34.1 Å². The van der Waals surface area contributed by atoms with E-state index in [2.05, 4.69) is 9.97 Å². The Labute approximate surface area is 211 Å². The molecule has 1 heterocycles. The molecule has 2 aromatic carbocycles. The van der Waals surface area contributed by atoms with Crippen LogP contribution in [0, 0.1) is 5.41 Å². The number of ether oxygens (including phenoxy) is 2. The lowest BCUT2D eigenvalue weighted by Crippen LogP contribution is -2.24. The first-order valence-electron chi connectivity index (χ1n) is 11.3. The summed E-state index contributed by atoms with van der Waals surface area (Å²) in [6.45, 7) is 7.64. The van der Waals surface area contributed by atoms with E-state index in [0.29, 0.717) is 52.5 Å². The lowest BCUT2D eigenvalue weighted by atomic mass is 9.98. The second-order valence-corrected chi connectivity index (χ2v) is 11.1. The standard InChI is InChI=1S/C25H33N5O5S/c1-6-34-20-10-15(9-17-13-29-24(28)30-23(17)27)11-21(35-36(31,32)14-25(2,3)4)22(20)16-7-8-19(33-5)18(26)12-16/h7-8,10-13H,6,9,14,26H2,1-5H3,(H4,27,28,29,30). The average molecular weight is 516 g/mol.